The molecule has 0 aliphatic heterocycles. The fourth-order valence-corrected chi connectivity index (χ4v) is 4.24. The van der Waals surface area contributed by atoms with Gasteiger partial charge in [0.1, 0.15) is 18.8 Å². The van der Waals surface area contributed by atoms with Crippen LogP contribution >= 0.6 is 0 Å². The van der Waals surface area contributed by atoms with E-state index in [2.05, 4.69) is 20.7 Å². The first kappa shape index (κ1) is 30.0. The van der Waals surface area contributed by atoms with Crippen LogP contribution in [0.4, 0.5) is 10.5 Å². The first-order valence-electron chi connectivity index (χ1n) is 13.7. The number of amides is 2. The zero-order valence-corrected chi connectivity index (χ0v) is 23.7. The summed E-state index contributed by atoms with van der Waals surface area (Å²) in [5, 5.41) is 8.90. The van der Waals surface area contributed by atoms with Crippen molar-refractivity contribution in [2.24, 2.45) is 5.73 Å². The molecule has 0 heterocycles. The SMILES string of the molecule is CCOc1cc(C(Nc2ccc(C(N)NC(=O)OC)cc2)C(=O)NCc2ccccc2)ccc1OCc1ccccc1. The van der Waals surface area contributed by atoms with E-state index in [1.807, 2.05) is 85.8 Å². The predicted molar refractivity (Wildman–Crippen MR) is 162 cm³/mol. The van der Waals surface area contributed by atoms with E-state index in [0.29, 0.717) is 48.1 Å². The Morgan fingerprint density at radius 1 is 0.786 bits per heavy atom. The van der Waals surface area contributed by atoms with E-state index in [-0.39, 0.29) is 5.91 Å². The number of alkyl carbamates (subject to hydrolysis) is 1. The number of benzene rings is 4. The molecule has 9 heteroatoms. The third-order valence-corrected chi connectivity index (χ3v) is 6.45. The summed E-state index contributed by atoms with van der Waals surface area (Å²) in [6.45, 7) is 3.10. The minimum absolute atomic E-state index is 0.215. The molecule has 5 N–H and O–H groups in total. The molecule has 0 radical (unpaired) electrons. The molecule has 0 fully saturated rings. The van der Waals surface area contributed by atoms with E-state index < -0.39 is 18.3 Å². The molecule has 0 aromatic heterocycles. The van der Waals surface area contributed by atoms with Crippen molar-refractivity contribution in [3.8, 4) is 11.5 Å². The number of anilines is 1. The minimum Gasteiger partial charge on any atom is -0.490 e. The Morgan fingerprint density at radius 2 is 1.43 bits per heavy atom. The van der Waals surface area contributed by atoms with E-state index in [9.17, 15) is 9.59 Å². The van der Waals surface area contributed by atoms with Gasteiger partial charge in [-0.05, 0) is 53.4 Å². The molecule has 0 saturated carbocycles. The summed E-state index contributed by atoms with van der Waals surface area (Å²) in [7, 11) is 1.27. The van der Waals surface area contributed by atoms with Crippen LogP contribution in [-0.4, -0.2) is 25.7 Å². The fourth-order valence-electron chi connectivity index (χ4n) is 4.24. The Bertz CT molecular complexity index is 1430. The quantitative estimate of drug-likeness (QED) is 0.158. The maximum Gasteiger partial charge on any atom is 0.408 e. The van der Waals surface area contributed by atoms with Crippen molar-refractivity contribution in [2.45, 2.75) is 32.3 Å². The van der Waals surface area contributed by atoms with E-state index in [1.54, 1.807) is 24.3 Å². The molecule has 4 aromatic carbocycles. The lowest BCUT2D eigenvalue weighted by Gasteiger charge is -2.22. The van der Waals surface area contributed by atoms with Crippen LogP contribution in [0, 0.1) is 0 Å². The lowest BCUT2D eigenvalue weighted by Crippen LogP contribution is -2.34. The highest BCUT2D eigenvalue weighted by Gasteiger charge is 2.23. The fraction of sp³-hybridized carbons (Fsp3) is 0.212. The van der Waals surface area contributed by atoms with Crippen molar-refractivity contribution in [1.82, 2.24) is 10.6 Å². The molecule has 2 unspecified atom stereocenters. The Labute approximate surface area is 246 Å². The van der Waals surface area contributed by atoms with Crippen molar-refractivity contribution in [3.05, 3.63) is 125 Å². The zero-order chi connectivity index (χ0) is 29.7. The predicted octanol–water partition coefficient (Wildman–Crippen LogP) is 5.45. The highest BCUT2D eigenvalue weighted by atomic mass is 16.5. The minimum atomic E-state index is -0.746. The molecule has 0 aliphatic rings. The second kappa shape index (κ2) is 15.1. The molecular formula is C33H36N4O5. The van der Waals surface area contributed by atoms with Crippen molar-refractivity contribution in [1.29, 1.82) is 0 Å². The number of hydrogen-bond donors (Lipinski definition) is 4. The third-order valence-electron chi connectivity index (χ3n) is 6.45. The number of ether oxygens (including phenoxy) is 3. The highest BCUT2D eigenvalue weighted by Crippen LogP contribution is 2.33. The Morgan fingerprint density at radius 3 is 2.07 bits per heavy atom. The van der Waals surface area contributed by atoms with Gasteiger partial charge in [-0.25, -0.2) is 4.79 Å². The van der Waals surface area contributed by atoms with Crippen LogP contribution in [0.15, 0.2) is 103 Å². The van der Waals surface area contributed by atoms with Crippen LogP contribution in [-0.2, 0) is 22.7 Å². The smallest absolute Gasteiger partial charge is 0.408 e. The maximum atomic E-state index is 13.6. The Kier molecular flexibility index (Phi) is 10.8. The van der Waals surface area contributed by atoms with Crippen molar-refractivity contribution >= 4 is 17.7 Å². The van der Waals surface area contributed by atoms with Crippen LogP contribution < -0.4 is 31.2 Å². The lowest BCUT2D eigenvalue weighted by molar-refractivity contribution is -0.122. The average Bonchev–Trinajstić information content (AvgIpc) is 3.03. The van der Waals surface area contributed by atoms with E-state index in [1.165, 1.54) is 7.11 Å². The molecule has 0 saturated heterocycles. The second-order valence-electron chi connectivity index (χ2n) is 9.43. The number of carbonyl (C=O) groups excluding carboxylic acids is 2. The number of rotatable bonds is 13. The van der Waals surface area contributed by atoms with Gasteiger partial charge in [0, 0.05) is 12.2 Å². The molecule has 4 rings (SSSR count). The average molecular weight is 569 g/mol. The summed E-state index contributed by atoms with van der Waals surface area (Å²) in [5.74, 6) is 0.917. The van der Waals surface area contributed by atoms with Gasteiger partial charge in [0.15, 0.2) is 11.5 Å². The van der Waals surface area contributed by atoms with Crippen LogP contribution in [0.5, 0.6) is 11.5 Å². The number of nitrogens with two attached hydrogens (primary N) is 1. The number of nitrogens with one attached hydrogen (secondary N) is 3. The summed E-state index contributed by atoms with van der Waals surface area (Å²) >= 11 is 0. The van der Waals surface area contributed by atoms with Gasteiger partial charge in [-0.15, -0.1) is 0 Å². The first-order valence-corrected chi connectivity index (χ1v) is 13.7. The summed E-state index contributed by atoms with van der Waals surface area (Å²) < 4.78 is 16.6. The summed E-state index contributed by atoms with van der Waals surface area (Å²) in [6.07, 6.45) is -1.37. The van der Waals surface area contributed by atoms with Gasteiger partial charge < -0.3 is 35.9 Å². The standard InChI is InChI=1S/C33H36N4O5/c1-3-41-29-20-26(16-19-28(29)42-22-24-12-8-5-9-13-24)30(32(38)35-21-23-10-6-4-7-11-23)36-27-17-14-25(15-18-27)31(34)37-33(39)40-2/h4-20,30-31,36H,3,21-22,34H2,1-2H3,(H,35,38)(H,37,39). The molecule has 218 valence electrons. The molecule has 9 nitrogen and oxygen atoms in total. The molecule has 4 aromatic rings. The lowest BCUT2D eigenvalue weighted by atomic mass is 10.0. The van der Waals surface area contributed by atoms with Gasteiger partial charge in [-0.1, -0.05) is 78.9 Å². The highest BCUT2D eigenvalue weighted by molar-refractivity contribution is 5.86. The summed E-state index contributed by atoms with van der Waals surface area (Å²) in [5.41, 5.74) is 10.1. The third kappa shape index (κ3) is 8.49. The monoisotopic (exact) mass is 568 g/mol. The topological polar surface area (TPSA) is 124 Å². The van der Waals surface area contributed by atoms with E-state index >= 15 is 0 Å². The molecule has 2 atom stereocenters. The van der Waals surface area contributed by atoms with Gasteiger partial charge in [-0.2, -0.15) is 0 Å². The van der Waals surface area contributed by atoms with Gasteiger partial charge in [0.25, 0.3) is 0 Å². The largest absolute Gasteiger partial charge is 0.490 e. The molecule has 2 amide bonds. The first-order chi connectivity index (χ1) is 20.5. The molecule has 0 spiro atoms. The van der Waals surface area contributed by atoms with E-state index in [0.717, 1.165) is 11.1 Å². The van der Waals surface area contributed by atoms with Crippen LogP contribution in [0.3, 0.4) is 0 Å². The van der Waals surface area contributed by atoms with Gasteiger partial charge >= 0.3 is 6.09 Å². The molecule has 42 heavy (non-hydrogen) atoms. The molecule has 0 aliphatic carbocycles. The van der Waals surface area contributed by atoms with Crippen LogP contribution in [0.1, 0.15) is 41.4 Å². The number of hydrogen-bond acceptors (Lipinski definition) is 7. The molecular weight excluding hydrogens is 532 g/mol. The second-order valence-corrected chi connectivity index (χ2v) is 9.43. The van der Waals surface area contributed by atoms with Gasteiger partial charge in [-0.3, -0.25) is 4.79 Å². The molecule has 0 bridgehead atoms. The number of methoxy groups -OCH3 is 1. The summed E-state index contributed by atoms with van der Waals surface area (Å²) in [4.78, 5) is 25.1. The van der Waals surface area contributed by atoms with Crippen molar-refractivity contribution < 1.29 is 23.8 Å². The zero-order valence-electron chi connectivity index (χ0n) is 23.7. The van der Waals surface area contributed by atoms with E-state index in [4.69, 9.17) is 15.2 Å². The maximum absolute atomic E-state index is 13.6. The Balaban J connectivity index is 1.57. The van der Waals surface area contributed by atoms with Crippen LogP contribution in [0.2, 0.25) is 0 Å². The van der Waals surface area contributed by atoms with Gasteiger partial charge in [0.05, 0.1) is 13.7 Å². The van der Waals surface area contributed by atoms with Gasteiger partial charge in [0.2, 0.25) is 5.91 Å². The summed E-state index contributed by atoms with van der Waals surface area (Å²) in [6, 6.07) is 31.5. The Hall–Kier alpha value is -5.02. The van der Waals surface area contributed by atoms with Crippen molar-refractivity contribution in [2.75, 3.05) is 19.0 Å². The van der Waals surface area contributed by atoms with Crippen LogP contribution in [0.25, 0.3) is 0 Å². The van der Waals surface area contributed by atoms with Crippen molar-refractivity contribution in [3.63, 3.8) is 0 Å². The number of carbonyl (C=O) groups is 2. The normalized spacial score (nSPS) is 12.0.